The number of hydrogen-bond donors (Lipinski definition) is 1. The number of ether oxygens (including phenoxy) is 1. The molecule has 1 aromatic carbocycles. The highest BCUT2D eigenvalue weighted by molar-refractivity contribution is 5.88. The van der Waals surface area contributed by atoms with Crippen molar-refractivity contribution in [1.82, 2.24) is 10.2 Å². The third-order valence-corrected chi connectivity index (χ3v) is 3.77. The molecule has 1 aliphatic rings. The van der Waals surface area contributed by atoms with Gasteiger partial charge in [0.15, 0.2) is 0 Å². The molecule has 0 bridgehead atoms. The molecule has 2 atom stereocenters. The third-order valence-electron chi connectivity index (χ3n) is 3.77. The van der Waals surface area contributed by atoms with E-state index in [1.54, 1.807) is 25.2 Å². The van der Waals surface area contributed by atoms with Crippen LogP contribution in [0, 0.1) is 0 Å². The van der Waals surface area contributed by atoms with Crippen molar-refractivity contribution in [2.24, 2.45) is 0 Å². The molecule has 1 aromatic rings. The standard InChI is InChI=1S/C14H18F2N2O2/c1-4-14(2)12(19)18(3)11(17-14)9-7-5-6-8-10(9)20-13(15)16/h5-8,11,13,17H,4H2,1-3H3. The van der Waals surface area contributed by atoms with Crippen molar-refractivity contribution in [2.75, 3.05) is 7.05 Å². The second-order valence-electron chi connectivity index (χ2n) is 5.06. The summed E-state index contributed by atoms with van der Waals surface area (Å²) in [5.41, 5.74) is -0.155. The van der Waals surface area contributed by atoms with Gasteiger partial charge in [0.05, 0.1) is 5.54 Å². The van der Waals surface area contributed by atoms with Gasteiger partial charge in [-0.15, -0.1) is 0 Å². The van der Waals surface area contributed by atoms with E-state index in [1.807, 2.05) is 13.8 Å². The van der Waals surface area contributed by atoms with E-state index in [2.05, 4.69) is 10.1 Å². The number of nitrogens with one attached hydrogen (secondary N) is 1. The maximum atomic E-state index is 12.5. The minimum absolute atomic E-state index is 0.0585. The predicted molar refractivity (Wildman–Crippen MR) is 70.4 cm³/mol. The first kappa shape index (κ1) is 14.7. The van der Waals surface area contributed by atoms with E-state index in [0.29, 0.717) is 12.0 Å². The van der Waals surface area contributed by atoms with Crippen LogP contribution in [0.3, 0.4) is 0 Å². The van der Waals surface area contributed by atoms with Crippen molar-refractivity contribution in [3.8, 4) is 5.75 Å². The average Bonchev–Trinajstić information content (AvgIpc) is 2.64. The Morgan fingerprint density at radius 1 is 1.45 bits per heavy atom. The fourth-order valence-electron chi connectivity index (χ4n) is 2.42. The smallest absolute Gasteiger partial charge is 0.387 e. The van der Waals surface area contributed by atoms with Crippen molar-refractivity contribution in [3.63, 3.8) is 0 Å². The third kappa shape index (κ3) is 2.47. The van der Waals surface area contributed by atoms with Gasteiger partial charge in [-0.1, -0.05) is 25.1 Å². The first-order valence-electron chi connectivity index (χ1n) is 6.47. The normalized spacial score (nSPS) is 26.4. The summed E-state index contributed by atoms with van der Waals surface area (Å²) in [6.45, 7) is 0.821. The number of likely N-dealkylation sites (N-methyl/N-ethyl adjacent to an activating group) is 1. The van der Waals surface area contributed by atoms with Gasteiger partial charge in [0.2, 0.25) is 5.91 Å². The van der Waals surface area contributed by atoms with E-state index in [1.165, 1.54) is 11.0 Å². The number of alkyl halides is 2. The maximum Gasteiger partial charge on any atom is 0.387 e. The van der Waals surface area contributed by atoms with E-state index in [-0.39, 0.29) is 11.7 Å². The Labute approximate surface area is 116 Å². The zero-order valence-electron chi connectivity index (χ0n) is 11.7. The number of nitrogens with zero attached hydrogens (tertiary/aromatic N) is 1. The van der Waals surface area contributed by atoms with Crippen molar-refractivity contribution < 1.29 is 18.3 Å². The molecule has 0 aromatic heterocycles. The zero-order valence-corrected chi connectivity index (χ0v) is 11.7. The Hall–Kier alpha value is -1.69. The van der Waals surface area contributed by atoms with Gasteiger partial charge in [-0.25, -0.2) is 0 Å². The molecule has 6 heteroatoms. The molecule has 0 aliphatic carbocycles. The number of amides is 1. The van der Waals surface area contributed by atoms with Gasteiger partial charge in [-0.05, 0) is 19.4 Å². The summed E-state index contributed by atoms with van der Waals surface area (Å²) in [6, 6.07) is 6.51. The predicted octanol–water partition coefficient (Wildman–Crippen LogP) is 2.52. The summed E-state index contributed by atoms with van der Waals surface area (Å²) >= 11 is 0. The minimum atomic E-state index is -2.89. The first-order chi connectivity index (χ1) is 9.39. The highest BCUT2D eigenvalue weighted by atomic mass is 19.3. The molecule has 110 valence electrons. The molecule has 0 radical (unpaired) electrons. The molecule has 4 nitrogen and oxygen atoms in total. The zero-order chi connectivity index (χ0) is 14.9. The van der Waals surface area contributed by atoms with E-state index in [9.17, 15) is 13.6 Å². The van der Waals surface area contributed by atoms with Crippen LogP contribution in [-0.2, 0) is 4.79 Å². The van der Waals surface area contributed by atoms with Crippen LogP contribution in [0.1, 0.15) is 32.0 Å². The van der Waals surface area contributed by atoms with Crippen LogP contribution in [0.25, 0.3) is 0 Å². The van der Waals surface area contributed by atoms with Crippen LogP contribution in [-0.4, -0.2) is 30.0 Å². The summed E-state index contributed by atoms with van der Waals surface area (Å²) in [5.74, 6) is 0.0249. The van der Waals surface area contributed by atoms with Crippen molar-refractivity contribution in [1.29, 1.82) is 0 Å². The van der Waals surface area contributed by atoms with Crippen LogP contribution >= 0.6 is 0 Å². The molecule has 0 saturated carbocycles. The monoisotopic (exact) mass is 284 g/mol. The topological polar surface area (TPSA) is 41.6 Å². The Morgan fingerprint density at radius 3 is 2.65 bits per heavy atom. The van der Waals surface area contributed by atoms with Gasteiger partial charge < -0.3 is 9.64 Å². The lowest BCUT2D eigenvalue weighted by Crippen LogP contribution is -2.42. The lowest BCUT2D eigenvalue weighted by Gasteiger charge is -2.22. The summed E-state index contributed by atoms with van der Waals surface area (Å²) < 4.78 is 29.4. The largest absolute Gasteiger partial charge is 0.434 e. The van der Waals surface area contributed by atoms with Gasteiger partial charge >= 0.3 is 6.61 Å². The number of carbonyl (C=O) groups is 1. The molecular formula is C14H18F2N2O2. The van der Waals surface area contributed by atoms with E-state index < -0.39 is 18.3 Å². The van der Waals surface area contributed by atoms with Crippen molar-refractivity contribution in [2.45, 2.75) is 38.6 Å². The molecule has 1 amide bonds. The number of hydrogen-bond acceptors (Lipinski definition) is 3. The number of para-hydroxylation sites is 1. The van der Waals surface area contributed by atoms with Gasteiger partial charge in [-0.3, -0.25) is 10.1 Å². The summed E-state index contributed by atoms with van der Waals surface area (Å²) in [5, 5.41) is 3.20. The van der Waals surface area contributed by atoms with Gasteiger partial charge in [-0.2, -0.15) is 8.78 Å². The van der Waals surface area contributed by atoms with Gasteiger partial charge in [0.1, 0.15) is 11.9 Å². The first-order valence-corrected chi connectivity index (χ1v) is 6.47. The number of carbonyl (C=O) groups excluding carboxylic acids is 1. The van der Waals surface area contributed by atoms with Gasteiger partial charge in [0, 0.05) is 12.6 Å². The van der Waals surface area contributed by atoms with Crippen LogP contribution < -0.4 is 10.1 Å². The SMILES string of the molecule is CCC1(C)NC(c2ccccc2OC(F)F)N(C)C1=O. The quantitative estimate of drug-likeness (QED) is 0.923. The van der Waals surface area contributed by atoms with E-state index in [0.717, 1.165) is 0 Å². The molecule has 1 N–H and O–H groups in total. The summed E-state index contributed by atoms with van der Waals surface area (Å²) in [6.07, 6.45) is 0.146. The molecule has 1 saturated heterocycles. The Morgan fingerprint density at radius 2 is 2.10 bits per heavy atom. The number of halogens is 2. The highest BCUT2D eigenvalue weighted by Gasteiger charge is 2.46. The molecule has 1 fully saturated rings. The molecule has 2 unspecified atom stereocenters. The van der Waals surface area contributed by atoms with Crippen molar-refractivity contribution in [3.05, 3.63) is 29.8 Å². The van der Waals surface area contributed by atoms with Gasteiger partial charge in [0.25, 0.3) is 0 Å². The summed E-state index contributed by atoms with van der Waals surface area (Å²) in [7, 11) is 1.65. The summed E-state index contributed by atoms with van der Waals surface area (Å²) in [4.78, 5) is 13.8. The molecule has 20 heavy (non-hydrogen) atoms. The average molecular weight is 284 g/mol. The van der Waals surface area contributed by atoms with Crippen LogP contribution in [0.15, 0.2) is 24.3 Å². The Kier molecular flexibility index (Phi) is 3.94. The fourth-order valence-corrected chi connectivity index (χ4v) is 2.42. The van der Waals surface area contributed by atoms with Crippen molar-refractivity contribution >= 4 is 5.91 Å². The molecule has 1 aliphatic heterocycles. The lowest BCUT2D eigenvalue weighted by atomic mass is 9.99. The van der Waals surface area contributed by atoms with Crippen LogP contribution in [0.4, 0.5) is 8.78 Å². The molecule has 1 heterocycles. The van der Waals surface area contributed by atoms with Crippen LogP contribution in [0.5, 0.6) is 5.75 Å². The second kappa shape index (κ2) is 5.36. The highest BCUT2D eigenvalue weighted by Crippen LogP contribution is 2.35. The second-order valence-corrected chi connectivity index (χ2v) is 5.06. The Bertz CT molecular complexity index is 510. The number of rotatable bonds is 4. The lowest BCUT2D eigenvalue weighted by molar-refractivity contribution is -0.131. The minimum Gasteiger partial charge on any atom is -0.434 e. The Balaban J connectivity index is 2.35. The van der Waals surface area contributed by atoms with E-state index >= 15 is 0 Å². The molecular weight excluding hydrogens is 266 g/mol. The number of benzene rings is 1. The van der Waals surface area contributed by atoms with Crippen LogP contribution in [0.2, 0.25) is 0 Å². The fraction of sp³-hybridized carbons (Fsp3) is 0.500. The maximum absolute atomic E-state index is 12.5. The molecule has 2 rings (SSSR count). The van der Waals surface area contributed by atoms with E-state index in [4.69, 9.17) is 0 Å². The molecule has 0 spiro atoms.